The number of benzene rings is 2. The average molecular weight is 438 g/mol. The van der Waals surface area contributed by atoms with E-state index in [2.05, 4.69) is 21.6 Å². The van der Waals surface area contributed by atoms with Crippen LogP contribution in [0.25, 0.3) is 0 Å². The molecule has 0 bridgehead atoms. The number of methoxy groups -OCH3 is 1. The van der Waals surface area contributed by atoms with E-state index in [9.17, 15) is 9.59 Å². The predicted octanol–water partition coefficient (Wildman–Crippen LogP) is 3.79. The summed E-state index contributed by atoms with van der Waals surface area (Å²) in [6, 6.07) is 16.4. The number of hydrogen-bond donors (Lipinski definition) is 2. The third-order valence-corrected chi connectivity index (χ3v) is 6.37. The molecule has 2 N–H and O–H groups in total. The number of hydrogen-bond acceptors (Lipinski definition) is 4. The number of para-hydroxylation sites is 1. The Morgan fingerprint density at radius 3 is 2.34 bits per heavy atom. The van der Waals surface area contributed by atoms with Gasteiger partial charge in [-0.05, 0) is 50.0 Å². The maximum absolute atomic E-state index is 13.2. The number of nitrogens with one attached hydrogen (secondary N) is 2. The van der Waals surface area contributed by atoms with E-state index < -0.39 is 6.04 Å². The first kappa shape index (κ1) is 23.8. The van der Waals surface area contributed by atoms with Crippen LogP contribution in [-0.2, 0) is 4.79 Å². The maximum Gasteiger partial charge on any atom is 0.251 e. The van der Waals surface area contributed by atoms with Crippen molar-refractivity contribution in [1.82, 2.24) is 15.5 Å². The van der Waals surface area contributed by atoms with Crippen LogP contribution in [-0.4, -0.2) is 49.5 Å². The van der Waals surface area contributed by atoms with Crippen molar-refractivity contribution in [3.63, 3.8) is 0 Å². The Morgan fingerprint density at radius 2 is 1.69 bits per heavy atom. The number of carbonyl (C=O) groups is 2. The summed E-state index contributed by atoms with van der Waals surface area (Å²) in [6.07, 6.45) is 3.10. The largest absolute Gasteiger partial charge is 0.496 e. The normalized spacial score (nSPS) is 16.7. The van der Waals surface area contributed by atoms with Gasteiger partial charge in [-0.1, -0.05) is 56.7 Å². The molecule has 1 fully saturated rings. The van der Waals surface area contributed by atoms with Crippen LogP contribution < -0.4 is 15.4 Å². The molecule has 1 aliphatic rings. The minimum atomic E-state index is -0.593. The SMILES string of the molecule is CCC(C)C(NC(=O)c1ccccc1)C(=O)NCC(c1ccccc1OC)N1CCCC1. The Morgan fingerprint density at radius 1 is 1.03 bits per heavy atom. The average Bonchev–Trinajstić information content (AvgIpc) is 3.37. The molecule has 32 heavy (non-hydrogen) atoms. The fourth-order valence-electron chi connectivity index (χ4n) is 4.25. The van der Waals surface area contributed by atoms with Crippen LogP contribution >= 0.6 is 0 Å². The second-order valence-electron chi connectivity index (χ2n) is 8.45. The van der Waals surface area contributed by atoms with Gasteiger partial charge >= 0.3 is 0 Å². The van der Waals surface area contributed by atoms with Gasteiger partial charge in [-0.15, -0.1) is 0 Å². The first-order valence-electron chi connectivity index (χ1n) is 11.6. The highest BCUT2D eigenvalue weighted by Gasteiger charge is 2.30. The Bertz CT molecular complexity index is 881. The third kappa shape index (κ3) is 5.88. The summed E-state index contributed by atoms with van der Waals surface area (Å²) in [5, 5.41) is 6.08. The molecule has 172 valence electrons. The zero-order chi connectivity index (χ0) is 22.9. The summed E-state index contributed by atoms with van der Waals surface area (Å²) in [5.41, 5.74) is 1.63. The quantitative estimate of drug-likeness (QED) is 0.593. The van der Waals surface area contributed by atoms with E-state index in [1.807, 2.05) is 50.2 Å². The highest BCUT2D eigenvalue weighted by atomic mass is 16.5. The lowest BCUT2D eigenvalue weighted by Gasteiger charge is -2.31. The van der Waals surface area contributed by atoms with Crippen molar-refractivity contribution in [2.75, 3.05) is 26.7 Å². The standard InChI is InChI=1S/C26H35N3O3/c1-4-19(2)24(28-25(30)20-12-6-5-7-13-20)26(31)27-18-22(29-16-10-11-17-29)21-14-8-9-15-23(21)32-3/h5-9,12-15,19,22,24H,4,10-11,16-18H2,1-3H3,(H,27,31)(H,28,30). The van der Waals surface area contributed by atoms with Crippen LogP contribution in [0, 0.1) is 5.92 Å². The van der Waals surface area contributed by atoms with E-state index in [0.29, 0.717) is 12.1 Å². The second kappa shape index (κ2) is 11.7. The van der Waals surface area contributed by atoms with E-state index >= 15 is 0 Å². The van der Waals surface area contributed by atoms with Gasteiger partial charge < -0.3 is 15.4 Å². The van der Waals surface area contributed by atoms with Gasteiger partial charge in [0.05, 0.1) is 13.2 Å². The van der Waals surface area contributed by atoms with Gasteiger partial charge in [-0.3, -0.25) is 14.5 Å². The minimum Gasteiger partial charge on any atom is -0.496 e. The molecule has 2 aromatic rings. The topological polar surface area (TPSA) is 70.7 Å². The zero-order valence-corrected chi connectivity index (χ0v) is 19.3. The number of ether oxygens (including phenoxy) is 1. The molecule has 2 aromatic carbocycles. The second-order valence-corrected chi connectivity index (χ2v) is 8.45. The molecule has 3 rings (SSSR count). The molecule has 0 radical (unpaired) electrons. The molecule has 1 heterocycles. The van der Waals surface area contributed by atoms with E-state index in [1.54, 1.807) is 19.2 Å². The predicted molar refractivity (Wildman–Crippen MR) is 127 cm³/mol. The van der Waals surface area contributed by atoms with Crippen molar-refractivity contribution in [3.05, 3.63) is 65.7 Å². The van der Waals surface area contributed by atoms with Gasteiger partial charge in [0.1, 0.15) is 11.8 Å². The molecule has 6 nitrogen and oxygen atoms in total. The van der Waals surface area contributed by atoms with Crippen molar-refractivity contribution in [3.8, 4) is 5.75 Å². The first-order chi connectivity index (χ1) is 15.5. The van der Waals surface area contributed by atoms with Gasteiger partial charge in [0.2, 0.25) is 5.91 Å². The van der Waals surface area contributed by atoms with Crippen LogP contribution in [0.1, 0.15) is 55.1 Å². The molecule has 0 saturated carbocycles. The summed E-state index contributed by atoms with van der Waals surface area (Å²) < 4.78 is 5.60. The van der Waals surface area contributed by atoms with Crippen LogP contribution in [0.2, 0.25) is 0 Å². The summed E-state index contributed by atoms with van der Waals surface area (Å²) in [4.78, 5) is 28.4. The number of amides is 2. The molecule has 1 aliphatic heterocycles. The van der Waals surface area contributed by atoms with Crippen molar-refractivity contribution in [1.29, 1.82) is 0 Å². The molecule has 2 amide bonds. The van der Waals surface area contributed by atoms with Gasteiger partial charge in [0.25, 0.3) is 5.91 Å². The summed E-state index contributed by atoms with van der Waals surface area (Å²) in [7, 11) is 1.68. The summed E-state index contributed by atoms with van der Waals surface area (Å²) >= 11 is 0. The van der Waals surface area contributed by atoms with E-state index in [1.165, 1.54) is 0 Å². The minimum absolute atomic E-state index is 0.0131. The lowest BCUT2D eigenvalue weighted by Crippen LogP contribution is -2.51. The summed E-state index contributed by atoms with van der Waals surface area (Å²) in [6.45, 7) is 6.48. The Labute approximate surface area is 191 Å². The molecule has 0 aliphatic carbocycles. The molecule has 6 heteroatoms. The molecular weight excluding hydrogens is 402 g/mol. The fourth-order valence-corrected chi connectivity index (χ4v) is 4.25. The van der Waals surface area contributed by atoms with Crippen molar-refractivity contribution in [2.24, 2.45) is 5.92 Å². The Hall–Kier alpha value is -2.86. The van der Waals surface area contributed by atoms with E-state index in [4.69, 9.17) is 4.74 Å². The third-order valence-electron chi connectivity index (χ3n) is 6.37. The number of nitrogens with zero attached hydrogens (tertiary/aromatic N) is 1. The van der Waals surface area contributed by atoms with Gasteiger partial charge in [-0.25, -0.2) is 0 Å². The highest BCUT2D eigenvalue weighted by Crippen LogP contribution is 2.31. The zero-order valence-electron chi connectivity index (χ0n) is 19.3. The molecular formula is C26H35N3O3. The van der Waals surface area contributed by atoms with Crippen LogP contribution in [0.3, 0.4) is 0 Å². The summed E-state index contributed by atoms with van der Waals surface area (Å²) in [5.74, 6) is 0.461. The van der Waals surface area contributed by atoms with Crippen LogP contribution in [0.15, 0.2) is 54.6 Å². The van der Waals surface area contributed by atoms with E-state index in [-0.39, 0.29) is 23.8 Å². The molecule has 0 aromatic heterocycles. The number of rotatable bonds is 10. The van der Waals surface area contributed by atoms with Crippen molar-refractivity contribution < 1.29 is 14.3 Å². The molecule has 1 saturated heterocycles. The van der Waals surface area contributed by atoms with Gasteiger partial charge in [0.15, 0.2) is 0 Å². The number of carbonyl (C=O) groups excluding carboxylic acids is 2. The fraction of sp³-hybridized carbons (Fsp3) is 0.462. The lowest BCUT2D eigenvalue weighted by molar-refractivity contribution is -0.124. The van der Waals surface area contributed by atoms with Crippen LogP contribution in [0.4, 0.5) is 0 Å². The first-order valence-corrected chi connectivity index (χ1v) is 11.6. The van der Waals surface area contributed by atoms with Crippen molar-refractivity contribution >= 4 is 11.8 Å². The van der Waals surface area contributed by atoms with Gasteiger partial charge in [-0.2, -0.15) is 0 Å². The van der Waals surface area contributed by atoms with Crippen LogP contribution in [0.5, 0.6) is 5.75 Å². The number of likely N-dealkylation sites (tertiary alicyclic amines) is 1. The Balaban J connectivity index is 1.74. The molecule has 3 atom stereocenters. The van der Waals surface area contributed by atoms with E-state index in [0.717, 1.165) is 43.7 Å². The van der Waals surface area contributed by atoms with Gasteiger partial charge in [0, 0.05) is 17.7 Å². The Kier molecular flexibility index (Phi) is 8.68. The maximum atomic E-state index is 13.2. The molecule has 0 spiro atoms. The van der Waals surface area contributed by atoms with Crippen molar-refractivity contribution in [2.45, 2.75) is 45.2 Å². The monoisotopic (exact) mass is 437 g/mol. The smallest absolute Gasteiger partial charge is 0.251 e. The lowest BCUT2D eigenvalue weighted by atomic mass is 9.97. The molecule has 3 unspecified atom stereocenters. The highest BCUT2D eigenvalue weighted by molar-refractivity contribution is 5.97.